The molecule has 2 fully saturated rings. The van der Waals surface area contributed by atoms with Crippen molar-refractivity contribution in [3.05, 3.63) is 36.9 Å². The van der Waals surface area contributed by atoms with Crippen LogP contribution in [0.4, 0.5) is 5.95 Å². The van der Waals surface area contributed by atoms with Crippen LogP contribution in [0.5, 0.6) is 0 Å². The monoisotopic (exact) mass is 416 g/mol. The fourth-order valence-electron chi connectivity index (χ4n) is 4.94. The van der Waals surface area contributed by atoms with Gasteiger partial charge in [0, 0.05) is 54.7 Å². The Morgan fingerprint density at radius 2 is 2.06 bits per heavy atom. The lowest BCUT2D eigenvalue weighted by molar-refractivity contribution is -0.145. The van der Waals surface area contributed by atoms with Gasteiger partial charge in [0.25, 0.3) is 0 Å². The maximum absolute atomic E-state index is 12.8. The number of hydrogen-bond acceptors (Lipinski definition) is 6. The molecule has 4 aromatic rings. The van der Waals surface area contributed by atoms with E-state index in [-0.39, 0.29) is 11.5 Å². The van der Waals surface area contributed by atoms with Gasteiger partial charge in [-0.1, -0.05) is 6.92 Å². The summed E-state index contributed by atoms with van der Waals surface area (Å²) in [5.41, 5.74) is 3.10. The summed E-state index contributed by atoms with van der Waals surface area (Å²) in [5.74, 6) is 0.886. The van der Waals surface area contributed by atoms with Crippen molar-refractivity contribution in [3.8, 4) is 11.3 Å². The molecule has 6 rings (SSSR count). The van der Waals surface area contributed by atoms with Gasteiger partial charge in [0.1, 0.15) is 5.65 Å². The fourth-order valence-corrected chi connectivity index (χ4v) is 4.94. The topological polar surface area (TPSA) is 104 Å². The van der Waals surface area contributed by atoms with E-state index >= 15 is 0 Å². The van der Waals surface area contributed by atoms with Crippen LogP contribution in [-0.4, -0.2) is 59.5 Å². The van der Waals surface area contributed by atoms with E-state index < -0.39 is 0 Å². The molecule has 2 N–H and O–H groups in total. The van der Waals surface area contributed by atoms with E-state index in [2.05, 4.69) is 37.3 Å². The highest BCUT2D eigenvalue weighted by Gasteiger charge is 2.48. The zero-order chi connectivity index (χ0) is 21.0. The zero-order valence-corrected chi connectivity index (χ0v) is 17.4. The van der Waals surface area contributed by atoms with E-state index in [9.17, 15) is 4.79 Å². The maximum atomic E-state index is 12.8. The van der Waals surface area contributed by atoms with Crippen LogP contribution in [0.3, 0.4) is 0 Å². The number of nitrogens with one attached hydrogen (secondary N) is 2. The molecule has 1 amide bonds. The van der Waals surface area contributed by atoms with Crippen LogP contribution >= 0.6 is 0 Å². The SMILES string of the molecule is C[C@]1(C(=O)N2CCCC2)C[C@@H](Nc2ncc3c(-c4ccn5nccc5n4)c[nH]c3n2)C1. The first kappa shape index (κ1) is 18.3. The minimum absolute atomic E-state index is 0.217. The molecule has 158 valence electrons. The molecule has 0 atom stereocenters. The van der Waals surface area contributed by atoms with E-state index in [0.29, 0.717) is 11.9 Å². The highest BCUT2D eigenvalue weighted by atomic mass is 16.2. The molecule has 1 aliphatic heterocycles. The number of amides is 1. The van der Waals surface area contributed by atoms with Gasteiger partial charge in [-0.25, -0.2) is 14.5 Å². The number of aromatic nitrogens is 6. The second-order valence-corrected chi connectivity index (χ2v) is 8.91. The lowest BCUT2D eigenvalue weighted by atomic mass is 9.66. The summed E-state index contributed by atoms with van der Waals surface area (Å²) < 4.78 is 1.73. The fraction of sp³-hybridized carbons (Fsp3) is 0.409. The molecule has 5 heterocycles. The normalized spacial score (nSPS) is 23.4. The van der Waals surface area contributed by atoms with Crippen molar-refractivity contribution in [1.82, 2.24) is 34.4 Å². The first-order valence-corrected chi connectivity index (χ1v) is 10.8. The summed E-state index contributed by atoms with van der Waals surface area (Å²) in [6.45, 7) is 3.89. The maximum Gasteiger partial charge on any atom is 0.228 e. The van der Waals surface area contributed by atoms with E-state index in [1.807, 2.05) is 35.6 Å². The Balaban J connectivity index is 1.18. The van der Waals surface area contributed by atoms with Gasteiger partial charge in [0.2, 0.25) is 11.9 Å². The summed E-state index contributed by atoms with van der Waals surface area (Å²) in [6, 6.07) is 4.02. The highest BCUT2D eigenvalue weighted by Crippen LogP contribution is 2.44. The summed E-state index contributed by atoms with van der Waals surface area (Å²) >= 11 is 0. The largest absolute Gasteiger partial charge is 0.351 e. The van der Waals surface area contributed by atoms with Crippen LogP contribution in [0.15, 0.2) is 36.9 Å². The molecule has 0 spiro atoms. The van der Waals surface area contributed by atoms with Crippen LogP contribution in [0.2, 0.25) is 0 Å². The van der Waals surface area contributed by atoms with Crippen LogP contribution < -0.4 is 5.32 Å². The average Bonchev–Trinajstić information content (AvgIpc) is 3.51. The molecule has 0 aromatic carbocycles. The third-order valence-electron chi connectivity index (χ3n) is 6.60. The molecule has 2 aliphatic rings. The van der Waals surface area contributed by atoms with E-state index in [0.717, 1.165) is 66.7 Å². The van der Waals surface area contributed by atoms with Crippen molar-refractivity contribution in [2.24, 2.45) is 5.41 Å². The summed E-state index contributed by atoms with van der Waals surface area (Å²) in [6.07, 6.45) is 11.2. The predicted molar refractivity (Wildman–Crippen MR) is 116 cm³/mol. The lowest BCUT2D eigenvalue weighted by Crippen LogP contribution is -2.53. The Hall–Kier alpha value is -3.49. The smallest absolute Gasteiger partial charge is 0.228 e. The van der Waals surface area contributed by atoms with Crippen molar-refractivity contribution in [3.63, 3.8) is 0 Å². The summed E-state index contributed by atoms with van der Waals surface area (Å²) in [5, 5.41) is 8.51. The number of carbonyl (C=O) groups excluding carboxylic acids is 1. The van der Waals surface area contributed by atoms with E-state index in [4.69, 9.17) is 0 Å². The highest BCUT2D eigenvalue weighted by molar-refractivity contribution is 5.92. The molecular formula is C22H24N8O. The quantitative estimate of drug-likeness (QED) is 0.530. The second-order valence-electron chi connectivity index (χ2n) is 8.91. The zero-order valence-electron chi connectivity index (χ0n) is 17.4. The molecule has 1 aliphatic carbocycles. The van der Waals surface area contributed by atoms with Crippen LogP contribution in [0, 0.1) is 5.41 Å². The summed E-state index contributed by atoms with van der Waals surface area (Å²) in [4.78, 5) is 31.9. The number of likely N-dealkylation sites (tertiary alicyclic amines) is 1. The van der Waals surface area contributed by atoms with Gasteiger partial charge in [0.05, 0.1) is 17.3 Å². The van der Waals surface area contributed by atoms with E-state index in [1.165, 1.54) is 0 Å². The van der Waals surface area contributed by atoms with Crippen LogP contribution in [-0.2, 0) is 4.79 Å². The van der Waals surface area contributed by atoms with Gasteiger partial charge < -0.3 is 15.2 Å². The Labute approximate surface area is 178 Å². The molecule has 9 nitrogen and oxygen atoms in total. The Bertz CT molecular complexity index is 1280. The third-order valence-corrected chi connectivity index (χ3v) is 6.60. The number of aromatic amines is 1. The molecular weight excluding hydrogens is 392 g/mol. The molecule has 1 saturated carbocycles. The summed E-state index contributed by atoms with van der Waals surface area (Å²) in [7, 11) is 0. The second kappa shape index (κ2) is 6.76. The molecule has 0 radical (unpaired) electrons. The molecule has 0 unspecified atom stereocenters. The number of carbonyl (C=O) groups is 1. The van der Waals surface area contributed by atoms with Gasteiger partial charge in [0.15, 0.2) is 5.65 Å². The molecule has 9 heteroatoms. The predicted octanol–water partition coefficient (Wildman–Crippen LogP) is 2.87. The van der Waals surface area contributed by atoms with Crippen molar-refractivity contribution < 1.29 is 4.79 Å². The minimum Gasteiger partial charge on any atom is -0.351 e. The Morgan fingerprint density at radius 3 is 2.90 bits per heavy atom. The average molecular weight is 416 g/mol. The molecule has 31 heavy (non-hydrogen) atoms. The van der Waals surface area contributed by atoms with Crippen molar-refractivity contribution >= 4 is 28.5 Å². The lowest BCUT2D eigenvalue weighted by Gasteiger charge is -2.45. The minimum atomic E-state index is -0.260. The van der Waals surface area contributed by atoms with E-state index in [1.54, 1.807) is 10.7 Å². The van der Waals surface area contributed by atoms with Gasteiger partial charge in [-0.3, -0.25) is 4.79 Å². The number of fused-ring (bicyclic) bond motifs is 2. The third kappa shape index (κ3) is 3.03. The Kier molecular flexibility index (Phi) is 3.99. The number of nitrogens with zero attached hydrogens (tertiary/aromatic N) is 6. The number of H-pyrrole nitrogens is 1. The number of rotatable bonds is 4. The van der Waals surface area contributed by atoms with Crippen LogP contribution in [0.25, 0.3) is 27.9 Å². The first-order chi connectivity index (χ1) is 15.1. The number of anilines is 1. The Morgan fingerprint density at radius 1 is 1.23 bits per heavy atom. The first-order valence-electron chi connectivity index (χ1n) is 10.8. The van der Waals surface area contributed by atoms with Gasteiger partial charge in [-0.15, -0.1) is 0 Å². The van der Waals surface area contributed by atoms with Crippen LogP contribution in [0.1, 0.15) is 32.6 Å². The van der Waals surface area contributed by atoms with Gasteiger partial charge in [-0.05, 0) is 31.7 Å². The van der Waals surface area contributed by atoms with Crippen molar-refractivity contribution in [2.75, 3.05) is 18.4 Å². The molecule has 1 saturated heterocycles. The van der Waals surface area contributed by atoms with Gasteiger partial charge in [-0.2, -0.15) is 10.1 Å². The van der Waals surface area contributed by atoms with Gasteiger partial charge >= 0.3 is 0 Å². The number of hydrogen-bond donors (Lipinski definition) is 2. The van der Waals surface area contributed by atoms with Crippen molar-refractivity contribution in [2.45, 2.75) is 38.6 Å². The van der Waals surface area contributed by atoms with Crippen molar-refractivity contribution in [1.29, 1.82) is 0 Å². The standard InChI is InChI=1S/C22H24N8O/c1-22(20(31)29-7-2-3-8-29)10-14(11-22)26-21-24-13-16-15(12-23-19(16)28-21)17-5-9-30-18(27-17)4-6-25-30/h4-6,9,12-14H,2-3,7-8,10-11H2,1H3,(H2,23,24,26,28)/t14-,22+. The molecule has 0 bridgehead atoms. The molecule has 4 aromatic heterocycles.